The maximum Gasteiger partial charge on any atom is 0.251 e. The fraction of sp³-hybridized carbons (Fsp3) is 0.525. The van der Waals surface area contributed by atoms with Crippen molar-refractivity contribution in [3.8, 4) is 5.75 Å². The van der Waals surface area contributed by atoms with E-state index in [2.05, 4.69) is 47.8 Å². The first kappa shape index (κ1) is 38.9. The van der Waals surface area contributed by atoms with Crippen LogP contribution in [0.5, 0.6) is 5.75 Å². The third kappa shape index (κ3) is 7.62. The lowest BCUT2D eigenvalue weighted by molar-refractivity contribution is -0.139. The lowest BCUT2D eigenvalue weighted by atomic mass is 9.70. The molecule has 3 fully saturated rings. The van der Waals surface area contributed by atoms with Crippen LogP contribution in [0.1, 0.15) is 52.9 Å². The Morgan fingerprint density at radius 1 is 0.922 bits per heavy atom. The molecule has 2 aromatic carbocycles. The first-order valence-corrected chi connectivity index (χ1v) is 20.2. The minimum atomic E-state index is -0.780. The Bertz CT molecular complexity index is 1540. The van der Waals surface area contributed by atoms with Crippen LogP contribution in [0.3, 0.4) is 0 Å². The number of hydrogen-bond donors (Lipinski definition) is 1. The smallest absolute Gasteiger partial charge is 0.251 e. The topological polar surface area (TPSA) is 93.6 Å². The van der Waals surface area contributed by atoms with Gasteiger partial charge in [0.1, 0.15) is 11.8 Å². The number of benzene rings is 2. The normalized spacial score (nSPS) is 24.7. The van der Waals surface area contributed by atoms with Crippen LogP contribution in [-0.4, -0.2) is 94.5 Å². The summed E-state index contributed by atoms with van der Waals surface area (Å²) >= 11 is 5.58. The van der Waals surface area contributed by atoms with Gasteiger partial charge in [0.25, 0.3) is 5.91 Å². The second kappa shape index (κ2) is 17.5. The van der Waals surface area contributed by atoms with Crippen molar-refractivity contribution in [2.45, 2.75) is 73.7 Å². The molecular formula is C40H53BrN4O5S. The molecule has 3 heterocycles. The molecule has 2 bridgehead atoms. The first-order valence-electron chi connectivity index (χ1n) is 18.4. The van der Waals surface area contributed by atoms with Crippen molar-refractivity contribution in [3.63, 3.8) is 0 Å². The zero-order valence-electron chi connectivity index (χ0n) is 30.2. The lowest BCUT2D eigenvalue weighted by Gasteiger charge is -2.38. The highest BCUT2D eigenvalue weighted by atomic mass is 79.9. The van der Waals surface area contributed by atoms with Gasteiger partial charge in [-0.2, -0.15) is 0 Å². The lowest BCUT2D eigenvalue weighted by Crippen LogP contribution is -2.56. The van der Waals surface area contributed by atoms with Gasteiger partial charge >= 0.3 is 0 Å². The molecule has 3 aliphatic rings. The number of halogens is 1. The summed E-state index contributed by atoms with van der Waals surface area (Å²) in [6.45, 7) is 17.5. The molecule has 1 spiro atoms. The van der Waals surface area contributed by atoms with E-state index < -0.39 is 22.6 Å². The largest absolute Gasteiger partial charge is 0.494 e. The molecule has 2 aromatic rings. The quantitative estimate of drug-likeness (QED) is 0.0966. The van der Waals surface area contributed by atoms with Crippen LogP contribution in [-0.2, 0) is 14.4 Å². The van der Waals surface area contributed by atoms with Gasteiger partial charge in [-0.1, -0.05) is 40.9 Å². The predicted molar refractivity (Wildman–Crippen MR) is 212 cm³/mol. The number of hydrogen-bond acceptors (Lipinski definition) is 7. The SMILES string of the molecule is C=CCN(C(=O)C1N(CCCCCCO)C(=O)[C@@H]2[C@@H](C(=O)N(CC=C)c3ccc(OCC)cc3)[C@@H]3SC12CC3Br)c1ccc(N(CC)CC)cc1. The number of unbranched alkanes of at least 4 members (excludes halogenated alkanes) is 3. The summed E-state index contributed by atoms with van der Waals surface area (Å²) in [5.41, 5.74) is 2.54. The number of carbonyl (C=O) groups is 3. The average molecular weight is 782 g/mol. The standard InChI is InChI=1S/C40H53BrN4O5S/c1-6-23-43(30-19-21-31(22-20-30)50-10-5)37(47)33-34-38(48)45(25-13-11-12-14-26-46)36(40(34)27-32(41)35(33)51-40)39(49)44(24-7-2)29-17-15-28(16-18-29)42(8-3)9-4/h6-7,15-22,32-36,46H,1-2,8-14,23-27H2,3-5H3/t32?,33-,34+,35-,36?,40?/m1/s1. The van der Waals surface area contributed by atoms with Crippen LogP contribution in [0.15, 0.2) is 73.8 Å². The molecule has 0 aromatic heterocycles. The average Bonchev–Trinajstić information content (AvgIpc) is 3.73. The van der Waals surface area contributed by atoms with Gasteiger partial charge in [-0.15, -0.1) is 24.9 Å². The van der Waals surface area contributed by atoms with Crippen LogP contribution < -0.4 is 19.4 Å². The van der Waals surface area contributed by atoms with Crippen LogP contribution >= 0.6 is 27.7 Å². The van der Waals surface area contributed by atoms with Gasteiger partial charge in [0, 0.05) is 66.5 Å². The highest BCUT2D eigenvalue weighted by molar-refractivity contribution is 9.09. The van der Waals surface area contributed by atoms with E-state index in [1.165, 1.54) is 0 Å². The van der Waals surface area contributed by atoms with Crippen molar-refractivity contribution in [2.75, 3.05) is 60.6 Å². The molecule has 1 N–H and O–H groups in total. The Morgan fingerprint density at radius 3 is 2.06 bits per heavy atom. The summed E-state index contributed by atoms with van der Waals surface area (Å²) < 4.78 is 4.86. The van der Waals surface area contributed by atoms with E-state index in [1.54, 1.807) is 38.6 Å². The van der Waals surface area contributed by atoms with Gasteiger partial charge in [-0.3, -0.25) is 14.4 Å². The van der Waals surface area contributed by atoms with Crippen LogP contribution in [0.2, 0.25) is 0 Å². The zero-order valence-corrected chi connectivity index (χ0v) is 32.6. The van der Waals surface area contributed by atoms with Crippen molar-refractivity contribution in [1.82, 2.24) is 4.90 Å². The summed E-state index contributed by atoms with van der Waals surface area (Å²) in [6, 6.07) is 14.7. The second-order valence-electron chi connectivity index (χ2n) is 13.4. The molecule has 11 heteroatoms. The molecule has 51 heavy (non-hydrogen) atoms. The number of nitrogens with zero attached hydrogens (tertiary/aromatic N) is 4. The minimum Gasteiger partial charge on any atom is -0.494 e. The summed E-state index contributed by atoms with van der Waals surface area (Å²) in [4.78, 5) is 52.2. The number of anilines is 3. The fourth-order valence-electron chi connectivity index (χ4n) is 8.23. The Hall–Kier alpha value is -3.28. The maximum atomic E-state index is 15.1. The maximum absolute atomic E-state index is 15.1. The highest BCUT2D eigenvalue weighted by Gasteiger charge is 2.76. The minimum absolute atomic E-state index is 0.0487. The summed E-state index contributed by atoms with van der Waals surface area (Å²) in [7, 11) is 0. The zero-order chi connectivity index (χ0) is 36.7. The number of rotatable bonds is 19. The Labute approximate surface area is 316 Å². The van der Waals surface area contributed by atoms with Crippen LogP contribution in [0, 0.1) is 11.8 Å². The molecule has 5 rings (SSSR count). The monoisotopic (exact) mass is 780 g/mol. The molecular weight excluding hydrogens is 728 g/mol. The first-order chi connectivity index (χ1) is 24.7. The van der Waals surface area contributed by atoms with E-state index in [9.17, 15) is 14.7 Å². The predicted octanol–water partition coefficient (Wildman–Crippen LogP) is 6.69. The van der Waals surface area contributed by atoms with Gasteiger partial charge in [0.15, 0.2) is 0 Å². The Balaban J connectivity index is 1.53. The Morgan fingerprint density at radius 2 is 1.49 bits per heavy atom. The molecule has 6 atom stereocenters. The van der Waals surface area contributed by atoms with Crippen molar-refractivity contribution in [2.24, 2.45) is 11.8 Å². The molecule has 3 saturated heterocycles. The molecule has 3 amide bonds. The van der Waals surface area contributed by atoms with Gasteiger partial charge in [0.05, 0.1) is 23.2 Å². The van der Waals surface area contributed by atoms with Crippen LogP contribution in [0.25, 0.3) is 0 Å². The molecule has 0 radical (unpaired) electrons. The van der Waals surface area contributed by atoms with Crippen molar-refractivity contribution < 1.29 is 24.2 Å². The van der Waals surface area contributed by atoms with Crippen molar-refractivity contribution in [1.29, 1.82) is 0 Å². The summed E-state index contributed by atoms with van der Waals surface area (Å²) in [5.74, 6) is -0.951. The number of alkyl halides is 1. The molecule has 276 valence electrons. The van der Waals surface area contributed by atoms with E-state index >= 15 is 4.79 Å². The number of aliphatic hydroxyl groups is 1. The van der Waals surface area contributed by atoms with Gasteiger partial charge < -0.3 is 29.4 Å². The highest BCUT2D eigenvalue weighted by Crippen LogP contribution is 2.68. The van der Waals surface area contributed by atoms with Crippen molar-refractivity contribution in [3.05, 3.63) is 73.8 Å². The van der Waals surface area contributed by atoms with Crippen molar-refractivity contribution >= 4 is 62.5 Å². The number of thioether (sulfide) groups is 1. The number of fused-ring (bicyclic) bond motifs is 1. The number of amides is 3. The summed E-state index contributed by atoms with van der Waals surface area (Å²) in [6.07, 6.45) is 7.11. The number of carbonyl (C=O) groups excluding carboxylic acids is 3. The second-order valence-corrected chi connectivity index (χ2v) is 16.1. The molecule has 0 aliphatic carbocycles. The summed E-state index contributed by atoms with van der Waals surface area (Å²) in [5, 5.41) is 9.16. The van der Waals surface area contributed by atoms with E-state index in [4.69, 9.17) is 4.74 Å². The molecule has 3 aliphatic heterocycles. The van der Waals surface area contributed by atoms with Crippen LogP contribution in [0.4, 0.5) is 17.1 Å². The number of likely N-dealkylation sites (tertiary alicyclic amines) is 1. The number of ether oxygens (including phenoxy) is 1. The third-order valence-electron chi connectivity index (χ3n) is 10.5. The molecule has 3 unspecified atom stereocenters. The van der Waals surface area contributed by atoms with Gasteiger partial charge in [-0.05, 0) is 88.6 Å². The van der Waals surface area contributed by atoms with E-state index in [-0.39, 0.29) is 47.5 Å². The van der Waals surface area contributed by atoms with Gasteiger partial charge in [0.2, 0.25) is 11.8 Å². The van der Waals surface area contributed by atoms with E-state index in [1.807, 2.05) is 55.5 Å². The van der Waals surface area contributed by atoms with E-state index in [0.29, 0.717) is 38.1 Å². The molecule has 9 nitrogen and oxygen atoms in total. The molecule has 0 saturated carbocycles. The third-order valence-corrected chi connectivity index (χ3v) is 13.7. The Kier molecular flexibility index (Phi) is 13.4. The van der Waals surface area contributed by atoms with E-state index in [0.717, 1.165) is 43.1 Å². The number of aliphatic hydroxyl groups excluding tert-OH is 1. The van der Waals surface area contributed by atoms with Gasteiger partial charge in [-0.25, -0.2) is 0 Å². The fourth-order valence-corrected chi connectivity index (χ4v) is 11.8.